The summed E-state index contributed by atoms with van der Waals surface area (Å²) < 4.78 is 0. The molecule has 0 saturated heterocycles. The van der Waals surface area contributed by atoms with E-state index < -0.39 is 80.9 Å². The number of carbonyl (C=O) groups is 3. The third kappa shape index (κ3) is 2.73. The van der Waals surface area contributed by atoms with E-state index in [9.17, 15) is 45.0 Å². The van der Waals surface area contributed by atoms with Crippen LogP contribution in [0.25, 0.3) is 5.76 Å². The SMILES string of the molecule is CCN(C)[C@@H]1C(=O)C(C(C)=O)=C(O)[C@@]2(O)C(=O)C3=C(O)c4c(O)cccc4C(C)(O)C3C(O)C12. The smallest absolute Gasteiger partial charge is 0.202 e. The van der Waals surface area contributed by atoms with Crippen molar-refractivity contribution in [1.29, 1.82) is 0 Å². The zero-order valence-corrected chi connectivity index (χ0v) is 19.1. The van der Waals surface area contributed by atoms with Gasteiger partial charge in [0.25, 0.3) is 0 Å². The number of aliphatic hydroxyl groups excluding tert-OH is 3. The molecule has 10 nitrogen and oxygen atoms in total. The first-order valence-electron chi connectivity index (χ1n) is 10.9. The van der Waals surface area contributed by atoms with E-state index in [1.54, 1.807) is 6.92 Å². The summed E-state index contributed by atoms with van der Waals surface area (Å²) in [6.07, 6.45) is -1.83. The van der Waals surface area contributed by atoms with Crippen LogP contribution in [-0.2, 0) is 20.0 Å². The molecule has 182 valence electrons. The molecule has 4 unspecified atom stereocenters. The molecular formula is C24H27NO9. The lowest BCUT2D eigenvalue weighted by Crippen LogP contribution is -2.71. The van der Waals surface area contributed by atoms with Crippen molar-refractivity contribution >= 4 is 23.1 Å². The lowest BCUT2D eigenvalue weighted by Gasteiger charge is -2.55. The van der Waals surface area contributed by atoms with Gasteiger partial charge in [-0.2, -0.15) is 0 Å². The number of likely N-dealkylation sites (N-methyl/N-ethyl adjacent to an activating group) is 1. The Morgan fingerprint density at radius 1 is 1.15 bits per heavy atom. The number of nitrogens with zero attached hydrogens (tertiary/aromatic N) is 1. The summed E-state index contributed by atoms with van der Waals surface area (Å²) in [5.41, 5.74) is -6.58. The number of benzene rings is 1. The molecule has 4 rings (SSSR count). The predicted molar refractivity (Wildman–Crippen MR) is 118 cm³/mol. The fourth-order valence-corrected chi connectivity index (χ4v) is 5.81. The monoisotopic (exact) mass is 473 g/mol. The molecule has 1 aromatic rings. The van der Waals surface area contributed by atoms with Gasteiger partial charge in [-0.3, -0.25) is 19.3 Å². The van der Waals surface area contributed by atoms with Gasteiger partial charge in [0.2, 0.25) is 5.78 Å². The quantitative estimate of drug-likeness (QED) is 0.330. The van der Waals surface area contributed by atoms with E-state index in [0.29, 0.717) is 0 Å². The molecule has 0 amide bonds. The van der Waals surface area contributed by atoms with Crippen LogP contribution >= 0.6 is 0 Å². The zero-order valence-electron chi connectivity index (χ0n) is 19.1. The van der Waals surface area contributed by atoms with Crippen molar-refractivity contribution < 1.29 is 45.0 Å². The van der Waals surface area contributed by atoms with E-state index in [2.05, 4.69) is 0 Å². The first-order valence-corrected chi connectivity index (χ1v) is 10.9. The Bertz CT molecular complexity index is 1200. The number of aromatic hydroxyl groups is 1. The number of Topliss-reactive ketones (excluding diaryl/α,β-unsaturated/α-hetero) is 3. The molecule has 6 N–H and O–H groups in total. The fourth-order valence-electron chi connectivity index (χ4n) is 5.81. The summed E-state index contributed by atoms with van der Waals surface area (Å²) in [6.45, 7) is 4.19. The summed E-state index contributed by atoms with van der Waals surface area (Å²) in [4.78, 5) is 40.8. The third-order valence-electron chi connectivity index (χ3n) is 7.56. The molecule has 1 aromatic carbocycles. The number of ketones is 3. The molecular weight excluding hydrogens is 446 g/mol. The van der Waals surface area contributed by atoms with Crippen LogP contribution in [0.3, 0.4) is 0 Å². The normalized spacial score (nSPS) is 35.3. The highest BCUT2D eigenvalue weighted by atomic mass is 16.4. The minimum atomic E-state index is -2.94. The van der Waals surface area contributed by atoms with E-state index in [1.807, 2.05) is 0 Å². The maximum atomic E-state index is 13.8. The highest BCUT2D eigenvalue weighted by Gasteiger charge is 2.70. The van der Waals surface area contributed by atoms with Gasteiger partial charge in [-0.25, -0.2) is 0 Å². The second-order valence-electron chi connectivity index (χ2n) is 9.36. The minimum Gasteiger partial charge on any atom is -0.508 e. The highest BCUT2D eigenvalue weighted by Crippen LogP contribution is 2.57. The van der Waals surface area contributed by atoms with Gasteiger partial charge in [0.05, 0.1) is 40.7 Å². The van der Waals surface area contributed by atoms with Crippen molar-refractivity contribution in [2.75, 3.05) is 13.6 Å². The topological polar surface area (TPSA) is 176 Å². The first kappa shape index (κ1) is 24.1. The summed E-state index contributed by atoms with van der Waals surface area (Å²) in [5.74, 6) is -8.68. The van der Waals surface area contributed by atoms with Crippen LogP contribution in [-0.4, -0.2) is 84.2 Å². The number of fused-ring (bicyclic) bond motifs is 3. The molecule has 10 heteroatoms. The maximum Gasteiger partial charge on any atom is 0.202 e. The van der Waals surface area contributed by atoms with Crippen LogP contribution < -0.4 is 0 Å². The zero-order chi connectivity index (χ0) is 25.5. The van der Waals surface area contributed by atoms with Crippen molar-refractivity contribution in [3.63, 3.8) is 0 Å². The molecule has 0 spiro atoms. The van der Waals surface area contributed by atoms with Crippen molar-refractivity contribution in [1.82, 2.24) is 4.90 Å². The lowest BCUT2D eigenvalue weighted by molar-refractivity contribution is -0.182. The molecule has 3 aliphatic carbocycles. The van der Waals surface area contributed by atoms with Crippen LogP contribution in [0.4, 0.5) is 0 Å². The second-order valence-corrected chi connectivity index (χ2v) is 9.36. The Morgan fingerprint density at radius 3 is 2.32 bits per heavy atom. The first-order chi connectivity index (χ1) is 15.7. The molecule has 0 heterocycles. The van der Waals surface area contributed by atoms with Crippen molar-refractivity contribution in [3.05, 3.63) is 46.2 Å². The number of carbonyl (C=O) groups excluding carboxylic acids is 3. The van der Waals surface area contributed by atoms with E-state index >= 15 is 0 Å². The number of hydrogen-bond acceptors (Lipinski definition) is 10. The maximum absolute atomic E-state index is 13.8. The average Bonchev–Trinajstić information content (AvgIpc) is 2.75. The largest absolute Gasteiger partial charge is 0.508 e. The minimum absolute atomic E-state index is 0.0303. The summed E-state index contributed by atoms with van der Waals surface area (Å²) >= 11 is 0. The van der Waals surface area contributed by atoms with Gasteiger partial charge in [0.1, 0.15) is 22.8 Å². The van der Waals surface area contributed by atoms with Gasteiger partial charge in [0.15, 0.2) is 17.2 Å². The molecule has 34 heavy (non-hydrogen) atoms. The van der Waals surface area contributed by atoms with Crippen LogP contribution in [0.1, 0.15) is 31.9 Å². The third-order valence-corrected chi connectivity index (χ3v) is 7.56. The van der Waals surface area contributed by atoms with Crippen molar-refractivity contribution in [2.45, 2.75) is 44.1 Å². The second kappa shape index (κ2) is 7.47. The predicted octanol–water partition coefficient (Wildman–Crippen LogP) is 0.0936. The number of rotatable bonds is 3. The number of phenolic OH excluding ortho intramolecular Hbond substituents is 1. The summed E-state index contributed by atoms with van der Waals surface area (Å²) in [7, 11) is 1.50. The summed E-state index contributed by atoms with van der Waals surface area (Å²) in [6, 6.07) is 2.66. The van der Waals surface area contributed by atoms with Crippen LogP contribution in [0.2, 0.25) is 0 Å². The summed E-state index contributed by atoms with van der Waals surface area (Å²) in [5, 5.41) is 67.0. The molecule has 1 fully saturated rings. The van der Waals surface area contributed by atoms with E-state index in [-0.39, 0.29) is 17.7 Å². The van der Waals surface area contributed by atoms with Crippen molar-refractivity contribution in [3.8, 4) is 5.75 Å². The Labute approximate surface area is 195 Å². The van der Waals surface area contributed by atoms with Gasteiger partial charge in [-0.05, 0) is 39.1 Å². The van der Waals surface area contributed by atoms with Crippen LogP contribution in [0.5, 0.6) is 5.75 Å². The number of hydrogen-bond donors (Lipinski definition) is 6. The van der Waals surface area contributed by atoms with Crippen LogP contribution in [0, 0.1) is 11.8 Å². The Kier molecular flexibility index (Phi) is 5.30. The Morgan fingerprint density at radius 2 is 1.76 bits per heavy atom. The standard InChI is InChI=1S/C24H27NO9/c1-5-25(4)17-16-20(30)15-14(18(28)13-10(23(15,3)33)7-6-8-11(13)27)22(32)24(16,34)21(31)12(9(2)26)19(17)29/h6-8,15-17,20,27-28,30-31,33-34H,5H2,1-4H3/t15?,16?,17-,20?,23?,24+/m0/s1. The molecule has 3 aliphatic rings. The molecule has 0 radical (unpaired) electrons. The van der Waals surface area contributed by atoms with E-state index in [0.717, 1.165) is 6.92 Å². The Balaban J connectivity index is 2.10. The molecule has 0 bridgehead atoms. The van der Waals surface area contributed by atoms with Crippen molar-refractivity contribution in [2.24, 2.45) is 11.8 Å². The van der Waals surface area contributed by atoms with Crippen LogP contribution in [0.15, 0.2) is 35.1 Å². The molecule has 1 saturated carbocycles. The molecule has 0 aliphatic heterocycles. The fraction of sp³-hybridized carbons (Fsp3) is 0.458. The van der Waals surface area contributed by atoms with Gasteiger partial charge in [-0.15, -0.1) is 0 Å². The van der Waals surface area contributed by atoms with E-state index in [4.69, 9.17) is 0 Å². The lowest BCUT2D eigenvalue weighted by atomic mass is 9.53. The highest BCUT2D eigenvalue weighted by molar-refractivity contribution is 6.25. The van der Waals surface area contributed by atoms with Gasteiger partial charge >= 0.3 is 0 Å². The average molecular weight is 473 g/mol. The van der Waals surface area contributed by atoms with Gasteiger partial charge in [0, 0.05) is 0 Å². The van der Waals surface area contributed by atoms with Gasteiger partial charge in [-0.1, -0.05) is 19.1 Å². The number of phenols is 1. The Hall–Kier alpha value is -3.05. The molecule has 0 aromatic heterocycles. The molecule has 6 atom stereocenters. The van der Waals surface area contributed by atoms with Gasteiger partial charge < -0.3 is 30.6 Å². The van der Waals surface area contributed by atoms with E-state index in [1.165, 1.54) is 37.1 Å². The number of aliphatic hydroxyl groups is 5.